The van der Waals surface area contributed by atoms with E-state index in [4.69, 9.17) is 16.2 Å². The first-order valence-electron chi connectivity index (χ1n) is 6.87. The summed E-state index contributed by atoms with van der Waals surface area (Å²) in [6.07, 6.45) is 3.81. The van der Waals surface area contributed by atoms with Gasteiger partial charge in [-0.3, -0.25) is 4.79 Å². The highest BCUT2D eigenvalue weighted by Crippen LogP contribution is 2.30. The third kappa shape index (κ3) is 4.04. The van der Waals surface area contributed by atoms with Crippen LogP contribution in [-0.2, 0) is 16.1 Å². The van der Waals surface area contributed by atoms with E-state index >= 15 is 0 Å². The van der Waals surface area contributed by atoms with Gasteiger partial charge in [-0.15, -0.1) is 0 Å². The van der Waals surface area contributed by atoms with E-state index in [1.807, 2.05) is 30.3 Å². The zero-order valence-electron chi connectivity index (χ0n) is 11.1. The molecule has 0 saturated heterocycles. The summed E-state index contributed by atoms with van der Waals surface area (Å²) in [5.74, 6) is 0.167. The maximum Gasteiger partial charge on any atom is 0.248 e. The molecule has 1 amide bonds. The molecule has 4 N–H and O–H groups in total. The Morgan fingerprint density at radius 3 is 2.53 bits per heavy atom. The maximum absolute atomic E-state index is 11.5. The van der Waals surface area contributed by atoms with Crippen LogP contribution >= 0.6 is 0 Å². The van der Waals surface area contributed by atoms with E-state index < -0.39 is 12.0 Å². The molecule has 1 aliphatic rings. The van der Waals surface area contributed by atoms with Gasteiger partial charge in [-0.2, -0.15) is 0 Å². The second-order valence-electron chi connectivity index (χ2n) is 5.32. The van der Waals surface area contributed by atoms with Crippen molar-refractivity contribution in [3.05, 3.63) is 35.9 Å². The molecule has 0 aromatic heterocycles. The summed E-state index contributed by atoms with van der Waals surface area (Å²) >= 11 is 0. The molecule has 4 nitrogen and oxygen atoms in total. The van der Waals surface area contributed by atoms with Crippen LogP contribution in [0, 0.1) is 5.92 Å². The predicted molar refractivity (Wildman–Crippen MR) is 74.1 cm³/mol. The smallest absolute Gasteiger partial charge is 0.248 e. The average molecular weight is 262 g/mol. The summed E-state index contributed by atoms with van der Waals surface area (Å²) in [7, 11) is 0. The van der Waals surface area contributed by atoms with Crippen molar-refractivity contribution in [3.63, 3.8) is 0 Å². The molecule has 1 aromatic carbocycles. The molecule has 19 heavy (non-hydrogen) atoms. The van der Waals surface area contributed by atoms with Crippen molar-refractivity contribution >= 4 is 5.91 Å². The van der Waals surface area contributed by atoms with Gasteiger partial charge in [0.2, 0.25) is 5.91 Å². The second kappa shape index (κ2) is 6.68. The minimum atomic E-state index is -0.694. The Labute approximate surface area is 114 Å². The van der Waals surface area contributed by atoms with E-state index in [0.717, 1.165) is 12.0 Å². The molecule has 1 aromatic rings. The number of carbonyl (C=O) groups excluding carboxylic acids is 1. The number of amides is 1. The van der Waals surface area contributed by atoms with Crippen molar-refractivity contribution < 1.29 is 9.53 Å². The highest BCUT2D eigenvalue weighted by Gasteiger charge is 2.29. The van der Waals surface area contributed by atoms with Crippen LogP contribution in [0.3, 0.4) is 0 Å². The van der Waals surface area contributed by atoms with Crippen LogP contribution in [0.15, 0.2) is 30.3 Å². The second-order valence-corrected chi connectivity index (χ2v) is 5.32. The molecule has 2 unspecified atom stereocenters. The van der Waals surface area contributed by atoms with Crippen molar-refractivity contribution in [2.24, 2.45) is 17.4 Å². The SMILES string of the molecule is NC(=O)C(OCc1ccccc1)C(N)CC1CCC1. The van der Waals surface area contributed by atoms with Gasteiger partial charge in [0.1, 0.15) is 0 Å². The molecular formula is C15H22N2O2. The summed E-state index contributed by atoms with van der Waals surface area (Å²) in [6.45, 7) is 0.368. The first-order chi connectivity index (χ1) is 9.16. The van der Waals surface area contributed by atoms with E-state index in [0.29, 0.717) is 12.5 Å². The van der Waals surface area contributed by atoms with E-state index in [1.165, 1.54) is 19.3 Å². The van der Waals surface area contributed by atoms with Crippen LogP contribution in [0.5, 0.6) is 0 Å². The Kier molecular flexibility index (Phi) is 4.93. The quantitative estimate of drug-likeness (QED) is 0.783. The van der Waals surface area contributed by atoms with Crippen molar-refractivity contribution in [1.82, 2.24) is 0 Å². The van der Waals surface area contributed by atoms with Gasteiger partial charge in [0.05, 0.1) is 6.61 Å². The number of benzene rings is 1. The third-order valence-electron chi connectivity index (χ3n) is 3.77. The summed E-state index contributed by atoms with van der Waals surface area (Å²) in [5, 5.41) is 0. The van der Waals surface area contributed by atoms with Gasteiger partial charge in [-0.05, 0) is 17.9 Å². The Balaban J connectivity index is 1.86. The van der Waals surface area contributed by atoms with Crippen LogP contribution in [0.1, 0.15) is 31.2 Å². The third-order valence-corrected chi connectivity index (χ3v) is 3.77. The Morgan fingerprint density at radius 1 is 1.32 bits per heavy atom. The molecule has 1 aliphatic carbocycles. The van der Waals surface area contributed by atoms with Crippen LogP contribution in [0.4, 0.5) is 0 Å². The summed E-state index contributed by atoms with van der Waals surface area (Å²) in [4.78, 5) is 11.5. The zero-order chi connectivity index (χ0) is 13.7. The van der Waals surface area contributed by atoms with Crippen LogP contribution in [0.25, 0.3) is 0 Å². The molecule has 0 aliphatic heterocycles. The van der Waals surface area contributed by atoms with Gasteiger partial charge in [0.15, 0.2) is 6.10 Å². The molecule has 1 fully saturated rings. The fourth-order valence-corrected chi connectivity index (χ4v) is 2.41. The fraction of sp³-hybridized carbons (Fsp3) is 0.533. The topological polar surface area (TPSA) is 78.3 Å². The lowest BCUT2D eigenvalue weighted by Crippen LogP contribution is -2.47. The Hall–Kier alpha value is -1.39. The maximum atomic E-state index is 11.5. The van der Waals surface area contributed by atoms with Crippen molar-refractivity contribution in [2.75, 3.05) is 0 Å². The zero-order valence-corrected chi connectivity index (χ0v) is 11.1. The summed E-state index contributed by atoms with van der Waals surface area (Å²) in [5.41, 5.74) is 12.5. The Morgan fingerprint density at radius 2 is 2.00 bits per heavy atom. The number of ether oxygens (including phenoxy) is 1. The van der Waals surface area contributed by atoms with Crippen LogP contribution in [-0.4, -0.2) is 18.1 Å². The minimum absolute atomic E-state index is 0.300. The first kappa shape index (κ1) is 14.0. The lowest BCUT2D eigenvalue weighted by molar-refractivity contribution is -0.132. The standard InChI is InChI=1S/C15H22N2O2/c16-13(9-11-7-4-8-11)14(15(17)18)19-10-12-5-2-1-3-6-12/h1-3,5-6,11,13-14H,4,7-10,16H2,(H2,17,18). The molecule has 0 bridgehead atoms. The van der Waals surface area contributed by atoms with Gasteiger partial charge in [0.25, 0.3) is 0 Å². The highest BCUT2D eigenvalue weighted by molar-refractivity contribution is 5.79. The number of nitrogens with two attached hydrogens (primary N) is 2. The molecule has 0 heterocycles. The molecule has 0 radical (unpaired) electrons. The van der Waals surface area contributed by atoms with E-state index in [2.05, 4.69) is 0 Å². The number of primary amides is 1. The van der Waals surface area contributed by atoms with Gasteiger partial charge in [-0.25, -0.2) is 0 Å². The number of rotatable bonds is 7. The van der Waals surface area contributed by atoms with E-state index in [1.54, 1.807) is 0 Å². The molecule has 0 spiro atoms. The molecular weight excluding hydrogens is 240 g/mol. The minimum Gasteiger partial charge on any atom is -0.367 e. The number of hydrogen-bond donors (Lipinski definition) is 2. The average Bonchev–Trinajstić information content (AvgIpc) is 2.35. The van der Waals surface area contributed by atoms with Gasteiger partial charge < -0.3 is 16.2 Å². The van der Waals surface area contributed by atoms with Crippen molar-refractivity contribution in [3.8, 4) is 0 Å². The highest BCUT2D eigenvalue weighted by atomic mass is 16.5. The van der Waals surface area contributed by atoms with Crippen molar-refractivity contribution in [2.45, 2.75) is 44.4 Å². The summed E-state index contributed by atoms with van der Waals surface area (Å²) in [6, 6.07) is 9.42. The van der Waals surface area contributed by atoms with Crippen LogP contribution in [0.2, 0.25) is 0 Å². The normalized spacial score (nSPS) is 18.6. The first-order valence-corrected chi connectivity index (χ1v) is 6.87. The molecule has 2 atom stereocenters. The molecule has 2 rings (SSSR count). The van der Waals surface area contributed by atoms with E-state index in [9.17, 15) is 4.79 Å². The number of carbonyl (C=O) groups is 1. The lowest BCUT2D eigenvalue weighted by Gasteiger charge is -2.30. The molecule has 104 valence electrons. The van der Waals surface area contributed by atoms with Gasteiger partial charge in [0, 0.05) is 6.04 Å². The Bertz CT molecular complexity index is 404. The monoisotopic (exact) mass is 262 g/mol. The van der Waals surface area contributed by atoms with E-state index in [-0.39, 0.29) is 6.04 Å². The predicted octanol–water partition coefficient (Wildman–Crippen LogP) is 1.57. The van der Waals surface area contributed by atoms with Gasteiger partial charge >= 0.3 is 0 Å². The fourth-order valence-electron chi connectivity index (χ4n) is 2.41. The van der Waals surface area contributed by atoms with Gasteiger partial charge in [-0.1, -0.05) is 49.6 Å². The lowest BCUT2D eigenvalue weighted by atomic mass is 9.80. The van der Waals surface area contributed by atoms with Crippen LogP contribution < -0.4 is 11.5 Å². The largest absolute Gasteiger partial charge is 0.367 e. The van der Waals surface area contributed by atoms with Crippen molar-refractivity contribution in [1.29, 1.82) is 0 Å². The number of hydrogen-bond acceptors (Lipinski definition) is 3. The summed E-state index contributed by atoms with van der Waals surface area (Å²) < 4.78 is 5.62. The molecule has 1 saturated carbocycles. The molecule has 4 heteroatoms.